The molecule has 2 saturated heterocycles. The van der Waals surface area contributed by atoms with E-state index in [9.17, 15) is 9.18 Å². The molecule has 0 N–H and O–H groups in total. The minimum Gasteiger partial charge on any atom is -0.463 e. The van der Waals surface area contributed by atoms with Gasteiger partial charge in [-0.1, -0.05) is 30.3 Å². The normalized spacial score (nSPS) is 19.5. The lowest BCUT2D eigenvalue weighted by atomic mass is 9.90. The van der Waals surface area contributed by atoms with E-state index in [1.165, 1.54) is 12.3 Å². The Balaban J connectivity index is 1.27. The maximum absolute atomic E-state index is 15.3. The van der Waals surface area contributed by atoms with Gasteiger partial charge in [-0.3, -0.25) is 9.58 Å². The highest BCUT2D eigenvalue weighted by molar-refractivity contribution is 5.80. The minimum atomic E-state index is -0.694. The molecular weight excluding hydrogens is 560 g/mol. The fourth-order valence-electron chi connectivity index (χ4n) is 5.64. The lowest BCUT2D eigenvalue weighted by Crippen LogP contribution is -2.51. The Labute approximate surface area is 247 Å². The highest BCUT2D eigenvalue weighted by Gasteiger charge is 2.38. The number of halogens is 2. The molecule has 0 saturated carbocycles. The number of morpholine rings is 1. The molecule has 4 aromatic rings. The van der Waals surface area contributed by atoms with Crippen molar-refractivity contribution in [3.05, 3.63) is 66.1 Å². The Morgan fingerprint density at radius 3 is 2.72 bits per heavy atom. The average Bonchev–Trinajstić information content (AvgIpc) is 3.69. The van der Waals surface area contributed by atoms with Crippen LogP contribution in [0.2, 0.25) is 0 Å². The van der Waals surface area contributed by atoms with E-state index in [1.807, 2.05) is 6.92 Å². The van der Waals surface area contributed by atoms with Crippen LogP contribution in [0.1, 0.15) is 25.3 Å². The van der Waals surface area contributed by atoms with Gasteiger partial charge in [0.2, 0.25) is 0 Å². The topological polar surface area (TPSA) is 112 Å². The third-order valence-electron chi connectivity index (χ3n) is 7.92. The third-order valence-corrected chi connectivity index (χ3v) is 7.92. The molecule has 0 amide bonds. The van der Waals surface area contributed by atoms with Crippen LogP contribution < -0.4 is 4.90 Å². The van der Waals surface area contributed by atoms with Crippen molar-refractivity contribution in [3.8, 4) is 22.9 Å². The molecule has 3 aromatic heterocycles. The first-order valence-corrected chi connectivity index (χ1v) is 14.5. The van der Waals surface area contributed by atoms with Crippen molar-refractivity contribution < 1.29 is 27.6 Å². The Bertz CT molecular complexity index is 1540. The van der Waals surface area contributed by atoms with Gasteiger partial charge < -0.3 is 18.9 Å². The molecule has 6 rings (SSSR count). The predicted molar refractivity (Wildman–Crippen MR) is 152 cm³/mol. The van der Waals surface area contributed by atoms with E-state index < -0.39 is 17.8 Å². The second kappa shape index (κ2) is 13.0. The highest BCUT2D eigenvalue weighted by Crippen LogP contribution is 2.32. The summed E-state index contributed by atoms with van der Waals surface area (Å²) in [6.45, 7) is 6.31. The van der Waals surface area contributed by atoms with Gasteiger partial charge in [0.1, 0.15) is 36.1 Å². The molecule has 11 nitrogen and oxygen atoms in total. The molecule has 2 fully saturated rings. The molecule has 0 unspecified atom stereocenters. The summed E-state index contributed by atoms with van der Waals surface area (Å²) >= 11 is 0. The molecule has 2 aliphatic heterocycles. The van der Waals surface area contributed by atoms with Crippen molar-refractivity contribution in [2.75, 3.05) is 50.9 Å². The summed E-state index contributed by atoms with van der Waals surface area (Å²) in [6, 6.07) is 9.10. The summed E-state index contributed by atoms with van der Waals surface area (Å²) in [6.07, 6.45) is 4.09. The fourth-order valence-corrected chi connectivity index (χ4v) is 5.64. The maximum Gasteiger partial charge on any atom is 0.329 e. The van der Waals surface area contributed by atoms with E-state index >= 15 is 4.39 Å². The predicted octanol–water partition coefficient (Wildman–Crippen LogP) is 3.80. The quantitative estimate of drug-likeness (QED) is 0.266. The van der Waals surface area contributed by atoms with Crippen molar-refractivity contribution >= 4 is 11.8 Å². The molecule has 5 heterocycles. The monoisotopic (exact) mass is 593 g/mol. The summed E-state index contributed by atoms with van der Waals surface area (Å²) in [5.41, 5.74) is 1.81. The largest absolute Gasteiger partial charge is 0.463 e. The van der Waals surface area contributed by atoms with Gasteiger partial charge in [0.25, 0.3) is 0 Å². The molecule has 2 atom stereocenters. The molecule has 1 aromatic carbocycles. The number of aromatic nitrogens is 5. The van der Waals surface area contributed by atoms with Gasteiger partial charge in [0, 0.05) is 37.8 Å². The van der Waals surface area contributed by atoms with E-state index in [0.717, 1.165) is 32.1 Å². The Hall–Kier alpha value is -4.23. The van der Waals surface area contributed by atoms with Crippen LogP contribution in [0.3, 0.4) is 0 Å². The van der Waals surface area contributed by atoms with Crippen LogP contribution in [0, 0.1) is 17.6 Å². The van der Waals surface area contributed by atoms with E-state index in [0.29, 0.717) is 48.9 Å². The number of carbonyl (C=O) groups excluding carboxylic acids is 1. The van der Waals surface area contributed by atoms with Gasteiger partial charge in [0.15, 0.2) is 17.5 Å². The number of hydrogen-bond acceptors (Lipinski definition) is 10. The van der Waals surface area contributed by atoms with Crippen LogP contribution in [-0.2, 0) is 20.8 Å². The molecule has 43 heavy (non-hydrogen) atoms. The van der Waals surface area contributed by atoms with Gasteiger partial charge in [-0.05, 0) is 30.9 Å². The van der Waals surface area contributed by atoms with Gasteiger partial charge >= 0.3 is 5.97 Å². The van der Waals surface area contributed by atoms with Crippen molar-refractivity contribution in [3.63, 3.8) is 0 Å². The SMILES string of the molecule is C[C@H]1CCCN(c2nc(-c3cc(-c4ccon4)n(Cc4ccccc4F)n3)ncc2F)[C@H]1C(=O)OCCN1CCOCC1. The first kappa shape index (κ1) is 28.9. The zero-order valence-corrected chi connectivity index (χ0v) is 23.9. The van der Waals surface area contributed by atoms with Gasteiger partial charge in [-0.25, -0.2) is 23.5 Å². The number of anilines is 1. The molecular formula is C30H33F2N7O4. The third kappa shape index (κ3) is 6.42. The molecule has 0 bridgehead atoms. The van der Waals surface area contributed by atoms with Crippen molar-refractivity contribution in [1.29, 1.82) is 0 Å². The van der Waals surface area contributed by atoms with E-state index in [4.69, 9.17) is 14.0 Å². The van der Waals surface area contributed by atoms with E-state index in [2.05, 4.69) is 25.1 Å². The molecule has 13 heteroatoms. The first-order valence-electron chi connectivity index (χ1n) is 14.5. The first-order chi connectivity index (χ1) is 21.0. The zero-order chi connectivity index (χ0) is 29.8. The molecule has 226 valence electrons. The molecule has 0 radical (unpaired) electrons. The molecule has 2 aliphatic rings. The smallest absolute Gasteiger partial charge is 0.329 e. The molecule has 0 spiro atoms. The average molecular weight is 594 g/mol. The highest BCUT2D eigenvalue weighted by atomic mass is 19.1. The summed E-state index contributed by atoms with van der Waals surface area (Å²) in [5, 5.41) is 8.66. The lowest BCUT2D eigenvalue weighted by Gasteiger charge is -2.39. The zero-order valence-electron chi connectivity index (χ0n) is 23.9. The van der Waals surface area contributed by atoms with Gasteiger partial charge in [0.05, 0.1) is 31.6 Å². The maximum atomic E-state index is 15.3. The van der Waals surface area contributed by atoms with Gasteiger partial charge in [-0.2, -0.15) is 5.10 Å². The lowest BCUT2D eigenvalue weighted by molar-refractivity contribution is -0.147. The van der Waals surface area contributed by atoms with Crippen LogP contribution in [-0.4, -0.2) is 87.8 Å². The van der Waals surface area contributed by atoms with Gasteiger partial charge in [-0.15, -0.1) is 0 Å². The number of piperidine rings is 1. The summed E-state index contributed by atoms with van der Waals surface area (Å²) in [4.78, 5) is 26.0. The minimum absolute atomic E-state index is 0.0123. The number of rotatable bonds is 9. The number of ether oxygens (including phenoxy) is 2. The fraction of sp³-hybridized carbons (Fsp3) is 0.433. The van der Waals surface area contributed by atoms with Crippen LogP contribution in [0.25, 0.3) is 22.9 Å². The van der Waals surface area contributed by atoms with Crippen LogP contribution in [0.15, 0.2) is 53.4 Å². The second-order valence-electron chi connectivity index (χ2n) is 10.8. The summed E-state index contributed by atoms with van der Waals surface area (Å²) in [5.74, 6) is -1.31. The number of benzene rings is 1. The van der Waals surface area contributed by atoms with Crippen LogP contribution in [0.4, 0.5) is 14.6 Å². The van der Waals surface area contributed by atoms with E-state index in [-0.39, 0.29) is 36.5 Å². The molecule has 0 aliphatic carbocycles. The number of hydrogen-bond donors (Lipinski definition) is 0. The second-order valence-corrected chi connectivity index (χ2v) is 10.8. The number of carbonyl (C=O) groups is 1. The van der Waals surface area contributed by atoms with Crippen LogP contribution in [0.5, 0.6) is 0 Å². The van der Waals surface area contributed by atoms with Crippen molar-refractivity contribution in [2.45, 2.75) is 32.4 Å². The van der Waals surface area contributed by atoms with Crippen molar-refractivity contribution in [1.82, 2.24) is 29.8 Å². The standard InChI is InChI=1S/C30H33F2N7O4/c1-20-5-4-9-38(27(20)30(40)42-16-12-37-10-14-41-15-11-37)29-23(32)18-33-28(34-29)25-17-26(24-8-13-43-36-24)39(35-25)19-21-6-2-3-7-22(21)31/h2-3,6-8,13,17-18,20,27H,4-5,9-12,14-16,19H2,1H3/t20-,27+/m0/s1. The Morgan fingerprint density at radius 1 is 1.09 bits per heavy atom. The number of esters is 1. The number of nitrogens with zero attached hydrogens (tertiary/aromatic N) is 7. The van der Waals surface area contributed by atoms with Crippen molar-refractivity contribution in [2.24, 2.45) is 5.92 Å². The van der Waals surface area contributed by atoms with Crippen LogP contribution >= 0.6 is 0 Å². The summed E-state index contributed by atoms with van der Waals surface area (Å²) < 4.78 is 47.5. The Kier molecular flexibility index (Phi) is 8.70. The van der Waals surface area contributed by atoms with E-state index in [1.54, 1.807) is 39.9 Å². The summed E-state index contributed by atoms with van der Waals surface area (Å²) in [7, 11) is 0. The Morgan fingerprint density at radius 2 is 1.93 bits per heavy atom.